The van der Waals surface area contributed by atoms with E-state index in [1.165, 1.54) is 43.5 Å². The summed E-state index contributed by atoms with van der Waals surface area (Å²) in [5.41, 5.74) is 0.590. The van der Waals surface area contributed by atoms with E-state index in [0.29, 0.717) is 16.6 Å². The molecule has 174 valence electrons. The van der Waals surface area contributed by atoms with Crippen LogP contribution in [0.15, 0.2) is 54.6 Å². The molecule has 0 radical (unpaired) electrons. The van der Waals surface area contributed by atoms with Gasteiger partial charge in [-0.05, 0) is 48.0 Å². The van der Waals surface area contributed by atoms with Crippen molar-refractivity contribution >= 4 is 34.1 Å². The Kier molecular flexibility index (Phi) is 6.06. The number of nitriles is 1. The maximum absolute atomic E-state index is 13.5. The number of nitrogens with one attached hydrogen (secondary N) is 1. The second-order valence-electron chi connectivity index (χ2n) is 7.10. The number of imidazole rings is 1. The second-order valence-corrected chi connectivity index (χ2v) is 7.10. The molecule has 0 saturated carbocycles. The number of aromatic amines is 1. The molecule has 0 spiro atoms. The van der Waals surface area contributed by atoms with E-state index < -0.39 is 27.0 Å². The molecule has 0 aliphatic carbocycles. The van der Waals surface area contributed by atoms with Crippen LogP contribution in [0.1, 0.15) is 11.4 Å². The summed E-state index contributed by atoms with van der Waals surface area (Å²) in [6.07, 6.45) is 1.52. The summed E-state index contributed by atoms with van der Waals surface area (Å²) in [5, 5.41) is 31.9. The van der Waals surface area contributed by atoms with E-state index in [1.807, 2.05) is 6.07 Å². The molecule has 0 atom stereocenters. The van der Waals surface area contributed by atoms with Gasteiger partial charge in [0.2, 0.25) is 5.75 Å². The van der Waals surface area contributed by atoms with Crippen molar-refractivity contribution < 1.29 is 23.7 Å². The molecule has 0 aliphatic heterocycles. The first-order chi connectivity index (χ1) is 16.8. The minimum Gasteiger partial charge on any atom is -0.493 e. The van der Waals surface area contributed by atoms with E-state index in [9.17, 15) is 29.9 Å². The minimum atomic E-state index is -0.787. The summed E-state index contributed by atoms with van der Waals surface area (Å²) in [4.78, 5) is 28.0. The lowest BCUT2D eigenvalue weighted by atomic mass is 10.1. The molecule has 0 amide bonds. The van der Waals surface area contributed by atoms with Gasteiger partial charge >= 0.3 is 5.69 Å². The summed E-state index contributed by atoms with van der Waals surface area (Å²) in [6.45, 7) is 0. The number of rotatable bonds is 7. The molecule has 0 saturated heterocycles. The molecule has 3 aromatic carbocycles. The van der Waals surface area contributed by atoms with E-state index in [2.05, 4.69) is 9.97 Å². The Morgan fingerprint density at radius 3 is 2.51 bits per heavy atom. The van der Waals surface area contributed by atoms with Gasteiger partial charge in [-0.15, -0.1) is 0 Å². The summed E-state index contributed by atoms with van der Waals surface area (Å²) >= 11 is 0. The van der Waals surface area contributed by atoms with Crippen LogP contribution in [0.4, 0.5) is 15.8 Å². The number of hydrogen-bond acceptors (Lipinski definition) is 8. The molecule has 0 aliphatic rings. The van der Waals surface area contributed by atoms with Crippen LogP contribution in [-0.2, 0) is 0 Å². The number of hydrogen-bond donors (Lipinski definition) is 1. The number of H-pyrrole nitrogens is 1. The maximum Gasteiger partial charge on any atom is 0.318 e. The Bertz CT molecular complexity index is 1560. The van der Waals surface area contributed by atoms with Gasteiger partial charge in [-0.3, -0.25) is 20.2 Å². The third kappa shape index (κ3) is 4.74. The Labute approximate surface area is 196 Å². The normalized spacial score (nSPS) is 11.2. The summed E-state index contributed by atoms with van der Waals surface area (Å²) in [5.74, 6) is -0.109. The topological polar surface area (TPSA) is 157 Å². The first kappa shape index (κ1) is 22.9. The van der Waals surface area contributed by atoms with Gasteiger partial charge in [0, 0.05) is 6.07 Å². The fraction of sp³-hybridized carbons (Fsp3) is 0.0435. The van der Waals surface area contributed by atoms with Crippen molar-refractivity contribution in [3.05, 3.63) is 92.0 Å². The summed E-state index contributed by atoms with van der Waals surface area (Å²) in [6, 6.07) is 13.7. The molecule has 0 fully saturated rings. The van der Waals surface area contributed by atoms with Crippen molar-refractivity contribution in [2.75, 3.05) is 7.11 Å². The highest BCUT2D eigenvalue weighted by Crippen LogP contribution is 2.38. The Morgan fingerprint density at radius 1 is 1.06 bits per heavy atom. The zero-order valence-electron chi connectivity index (χ0n) is 17.9. The molecule has 35 heavy (non-hydrogen) atoms. The molecular weight excluding hydrogens is 461 g/mol. The van der Waals surface area contributed by atoms with E-state index in [1.54, 1.807) is 6.07 Å². The number of fused-ring (bicyclic) bond motifs is 1. The van der Waals surface area contributed by atoms with E-state index in [0.717, 1.165) is 18.2 Å². The average Bonchev–Trinajstić information content (AvgIpc) is 3.26. The lowest BCUT2D eigenvalue weighted by Gasteiger charge is -2.11. The number of aromatic nitrogens is 2. The van der Waals surface area contributed by atoms with Crippen molar-refractivity contribution in [2.45, 2.75) is 0 Å². The number of nitro benzene ring substituents is 2. The number of methoxy groups -OCH3 is 1. The first-order valence-corrected chi connectivity index (χ1v) is 9.85. The quantitative estimate of drug-likeness (QED) is 0.212. The molecule has 12 heteroatoms. The van der Waals surface area contributed by atoms with Gasteiger partial charge in [0.25, 0.3) is 5.69 Å². The lowest BCUT2D eigenvalue weighted by Crippen LogP contribution is -1.97. The highest BCUT2D eigenvalue weighted by molar-refractivity contribution is 5.90. The molecule has 0 bridgehead atoms. The molecular formula is C23H14FN5O6. The molecule has 11 nitrogen and oxygen atoms in total. The maximum atomic E-state index is 13.5. The third-order valence-electron chi connectivity index (χ3n) is 4.89. The third-order valence-corrected chi connectivity index (χ3v) is 4.89. The van der Waals surface area contributed by atoms with Crippen LogP contribution in [0.25, 0.3) is 22.7 Å². The Balaban J connectivity index is 1.67. The Hall–Kier alpha value is -5.31. The number of benzene rings is 3. The number of ether oxygens (including phenoxy) is 2. The highest BCUT2D eigenvalue weighted by Gasteiger charge is 2.22. The van der Waals surface area contributed by atoms with Crippen LogP contribution < -0.4 is 9.47 Å². The summed E-state index contributed by atoms with van der Waals surface area (Å²) < 4.78 is 24.4. The van der Waals surface area contributed by atoms with Crippen LogP contribution in [-0.4, -0.2) is 26.9 Å². The van der Waals surface area contributed by atoms with E-state index in [-0.39, 0.29) is 28.6 Å². The first-order valence-electron chi connectivity index (χ1n) is 9.85. The fourth-order valence-electron chi connectivity index (χ4n) is 3.25. The van der Waals surface area contributed by atoms with Crippen LogP contribution >= 0.6 is 0 Å². The van der Waals surface area contributed by atoms with Gasteiger partial charge in [-0.1, -0.05) is 6.07 Å². The van der Waals surface area contributed by atoms with Gasteiger partial charge in [0.1, 0.15) is 17.7 Å². The average molecular weight is 475 g/mol. The zero-order chi connectivity index (χ0) is 25.1. The van der Waals surface area contributed by atoms with Gasteiger partial charge in [-0.25, -0.2) is 9.37 Å². The molecule has 0 unspecified atom stereocenters. The SMILES string of the molecule is COc1cc(/C=C(/C#N)c2nc3ccc(F)cc3[nH]2)ccc1Oc1ccc([N+](=O)[O-])cc1[N+](=O)[O-]. The molecule has 1 N–H and O–H groups in total. The number of nitro groups is 2. The van der Waals surface area contributed by atoms with E-state index >= 15 is 0 Å². The number of nitrogens with zero attached hydrogens (tertiary/aromatic N) is 4. The minimum absolute atomic E-state index is 0.110. The number of halogens is 1. The van der Waals surface area contributed by atoms with Crippen molar-refractivity contribution in [1.82, 2.24) is 9.97 Å². The van der Waals surface area contributed by atoms with Gasteiger partial charge in [0.05, 0.1) is 39.6 Å². The van der Waals surface area contributed by atoms with E-state index in [4.69, 9.17) is 9.47 Å². The van der Waals surface area contributed by atoms with Gasteiger partial charge in [-0.2, -0.15) is 5.26 Å². The second kappa shape index (κ2) is 9.28. The standard InChI is InChI=1S/C23H14FN5O6/c1-34-22-9-13(8-14(12-25)23-26-17-5-3-15(24)10-18(17)27-23)2-6-21(22)35-20-7-4-16(28(30)31)11-19(20)29(32)33/h2-11H,1H3,(H,26,27)/b14-8-. The van der Waals surface area contributed by atoms with Crippen LogP contribution in [0.3, 0.4) is 0 Å². The zero-order valence-corrected chi connectivity index (χ0v) is 17.9. The monoisotopic (exact) mass is 475 g/mol. The van der Waals surface area contributed by atoms with Crippen molar-refractivity contribution in [3.63, 3.8) is 0 Å². The van der Waals surface area contributed by atoms with Gasteiger partial charge < -0.3 is 14.5 Å². The van der Waals surface area contributed by atoms with Crippen LogP contribution in [0, 0.1) is 37.4 Å². The van der Waals surface area contributed by atoms with Crippen LogP contribution in [0.5, 0.6) is 17.2 Å². The Morgan fingerprint density at radius 2 is 1.83 bits per heavy atom. The van der Waals surface area contributed by atoms with Crippen molar-refractivity contribution in [3.8, 4) is 23.3 Å². The predicted octanol–water partition coefficient (Wildman–Crippen LogP) is 5.38. The van der Waals surface area contributed by atoms with Crippen molar-refractivity contribution in [1.29, 1.82) is 5.26 Å². The highest BCUT2D eigenvalue weighted by atomic mass is 19.1. The number of allylic oxidation sites excluding steroid dienone is 1. The predicted molar refractivity (Wildman–Crippen MR) is 122 cm³/mol. The lowest BCUT2D eigenvalue weighted by molar-refractivity contribution is -0.394. The smallest absolute Gasteiger partial charge is 0.318 e. The van der Waals surface area contributed by atoms with Gasteiger partial charge in [0.15, 0.2) is 11.5 Å². The molecule has 1 aromatic heterocycles. The fourth-order valence-corrected chi connectivity index (χ4v) is 3.25. The van der Waals surface area contributed by atoms with Crippen molar-refractivity contribution in [2.24, 2.45) is 0 Å². The molecule has 4 aromatic rings. The number of non-ortho nitro benzene ring substituents is 1. The summed E-state index contributed by atoms with van der Waals surface area (Å²) in [7, 11) is 1.36. The molecule has 1 heterocycles. The molecule has 4 rings (SSSR count). The van der Waals surface area contributed by atoms with Crippen LogP contribution in [0.2, 0.25) is 0 Å². The largest absolute Gasteiger partial charge is 0.493 e.